The smallest absolute Gasteiger partial charge is 0.368 e. The van der Waals surface area contributed by atoms with Crippen molar-refractivity contribution in [2.75, 3.05) is 14.2 Å². The Kier molecular flexibility index (Phi) is 3.03. The number of hydrogen-bond donors (Lipinski definition) is 0. The monoisotopic (exact) mass is 181 g/mol. The molecule has 1 rings (SSSR count). The van der Waals surface area contributed by atoms with Gasteiger partial charge in [-0.1, -0.05) is 24.3 Å². The molecule has 1 aromatic carbocycles. The van der Waals surface area contributed by atoms with Crippen molar-refractivity contribution in [1.82, 2.24) is 0 Å². The first-order valence-electron chi connectivity index (χ1n) is 3.80. The molecule has 0 aliphatic carbocycles. The Labute approximate surface area is 74.4 Å². The summed E-state index contributed by atoms with van der Waals surface area (Å²) in [6.07, 6.45) is 0. The van der Waals surface area contributed by atoms with Gasteiger partial charge in [0, 0.05) is 14.2 Å². The molecule has 0 atom stereocenters. The van der Waals surface area contributed by atoms with Gasteiger partial charge in [-0.05, 0) is 17.8 Å². The quantitative estimate of drug-likeness (QED) is 0.649. The molecule has 2 nitrogen and oxygen atoms in total. The summed E-state index contributed by atoms with van der Waals surface area (Å²) in [6.45, 7) is 2.02. The van der Waals surface area contributed by atoms with E-state index >= 15 is 0 Å². The fourth-order valence-corrected chi connectivity index (χ4v) is 2.42. The summed E-state index contributed by atoms with van der Waals surface area (Å²) in [7, 11) is 1.28. The minimum atomic E-state index is -2.09. The van der Waals surface area contributed by atoms with Crippen molar-refractivity contribution in [2.24, 2.45) is 0 Å². The molecule has 0 saturated carbocycles. The molecule has 1 aromatic rings. The topological polar surface area (TPSA) is 18.5 Å². The molecule has 0 heterocycles. The SMILES string of the molecule is CO[Si](C)(OC)c1cc[c]cc1. The third-order valence-corrected chi connectivity index (χ3v) is 4.96. The number of benzene rings is 1. The highest BCUT2D eigenvalue weighted by molar-refractivity contribution is 6.79. The van der Waals surface area contributed by atoms with Gasteiger partial charge in [-0.15, -0.1) is 0 Å². The third-order valence-electron chi connectivity index (χ3n) is 2.02. The van der Waals surface area contributed by atoms with Crippen molar-refractivity contribution >= 4 is 13.7 Å². The lowest BCUT2D eigenvalue weighted by Gasteiger charge is -2.22. The Balaban J connectivity index is 2.95. The van der Waals surface area contributed by atoms with Crippen LogP contribution in [0.5, 0.6) is 0 Å². The van der Waals surface area contributed by atoms with Crippen molar-refractivity contribution < 1.29 is 8.85 Å². The molecule has 12 heavy (non-hydrogen) atoms. The summed E-state index contributed by atoms with van der Waals surface area (Å²) in [5.41, 5.74) is 0. The van der Waals surface area contributed by atoms with E-state index in [4.69, 9.17) is 8.85 Å². The highest BCUT2D eigenvalue weighted by atomic mass is 28.4. The Morgan fingerprint density at radius 2 is 1.67 bits per heavy atom. The van der Waals surface area contributed by atoms with Crippen LogP contribution in [0.15, 0.2) is 24.3 Å². The van der Waals surface area contributed by atoms with E-state index in [-0.39, 0.29) is 0 Å². The van der Waals surface area contributed by atoms with E-state index in [1.807, 2.05) is 30.8 Å². The van der Waals surface area contributed by atoms with Gasteiger partial charge in [0.15, 0.2) is 0 Å². The second-order valence-corrected chi connectivity index (χ2v) is 5.93. The van der Waals surface area contributed by atoms with Gasteiger partial charge in [0.05, 0.1) is 0 Å². The molecule has 0 amide bonds. The lowest BCUT2D eigenvalue weighted by Crippen LogP contribution is -2.49. The van der Waals surface area contributed by atoms with Crippen LogP contribution in [0.2, 0.25) is 6.55 Å². The van der Waals surface area contributed by atoms with Gasteiger partial charge in [0.2, 0.25) is 0 Å². The molecule has 65 valence electrons. The summed E-state index contributed by atoms with van der Waals surface area (Å²) >= 11 is 0. The molecule has 3 heteroatoms. The maximum absolute atomic E-state index is 5.38. The molecular weight excluding hydrogens is 168 g/mol. The molecule has 0 aromatic heterocycles. The van der Waals surface area contributed by atoms with E-state index in [9.17, 15) is 0 Å². The fourth-order valence-electron chi connectivity index (χ4n) is 1.01. The number of rotatable bonds is 3. The average Bonchev–Trinajstić information content (AvgIpc) is 2.18. The van der Waals surface area contributed by atoms with Crippen LogP contribution in [-0.2, 0) is 8.85 Å². The minimum Gasteiger partial charge on any atom is -0.394 e. The first-order valence-corrected chi connectivity index (χ1v) is 6.11. The van der Waals surface area contributed by atoms with Gasteiger partial charge in [0.25, 0.3) is 0 Å². The summed E-state index contributed by atoms with van der Waals surface area (Å²) in [5.74, 6) is 0. The summed E-state index contributed by atoms with van der Waals surface area (Å²) < 4.78 is 10.8. The Hall–Kier alpha value is -0.643. The lowest BCUT2D eigenvalue weighted by atomic mass is 10.4. The largest absolute Gasteiger partial charge is 0.394 e. The Morgan fingerprint density at radius 3 is 2.08 bits per heavy atom. The molecule has 1 radical (unpaired) electrons. The van der Waals surface area contributed by atoms with Crippen molar-refractivity contribution in [1.29, 1.82) is 0 Å². The van der Waals surface area contributed by atoms with Gasteiger partial charge < -0.3 is 8.85 Å². The highest BCUT2D eigenvalue weighted by Gasteiger charge is 2.30. The van der Waals surface area contributed by atoms with Crippen LogP contribution in [0.3, 0.4) is 0 Å². The third kappa shape index (κ3) is 1.74. The second-order valence-electron chi connectivity index (χ2n) is 2.64. The van der Waals surface area contributed by atoms with Crippen LogP contribution < -0.4 is 5.19 Å². The van der Waals surface area contributed by atoms with Gasteiger partial charge >= 0.3 is 8.56 Å². The normalized spacial score (nSPS) is 11.6. The van der Waals surface area contributed by atoms with E-state index in [1.165, 1.54) is 0 Å². The predicted octanol–water partition coefficient (Wildman–Crippen LogP) is 1.06. The predicted molar refractivity (Wildman–Crippen MR) is 50.5 cm³/mol. The van der Waals surface area contributed by atoms with Crippen molar-refractivity contribution in [3.8, 4) is 0 Å². The molecule has 0 unspecified atom stereocenters. The molecule has 0 spiro atoms. The van der Waals surface area contributed by atoms with Crippen LogP contribution in [0.1, 0.15) is 0 Å². The standard InChI is InChI=1S/C9H13O2Si/c1-10-12(3,11-2)9-7-5-4-6-8-9/h5-8H,1-3H3. The van der Waals surface area contributed by atoms with Gasteiger partial charge in [0.1, 0.15) is 0 Å². The van der Waals surface area contributed by atoms with Crippen molar-refractivity contribution in [2.45, 2.75) is 6.55 Å². The summed E-state index contributed by atoms with van der Waals surface area (Å²) in [4.78, 5) is 0. The molecule has 0 N–H and O–H groups in total. The molecule has 0 aliphatic heterocycles. The second kappa shape index (κ2) is 3.84. The lowest BCUT2D eigenvalue weighted by molar-refractivity contribution is 0.265. The molecule has 0 aliphatic rings. The van der Waals surface area contributed by atoms with E-state index in [2.05, 4.69) is 6.07 Å². The van der Waals surface area contributed by atoms with Crippen molar-refractivity contribution in [3.63, 3.8) is 0 Å². The molecule has 0 fully saturated rings. The zero-order chi connectivity index (χ0) is 9.03. The van der Waals surface area contributed by atoms with Crippen molar-refractivity contribution in [3.05, 3.63) is 30.3 Å². The highest BCUT2D eigenvalue weighted by Crippen LogP contribution is 2.03. The van der Waals surface area contributed by atoms with E-state index in [0.717, 1.165) is 5.19 Å². The summed E-state index contributed by atoms with van der Waals surface area (Å²) in [5, 5.41) is 1.13. The summed E-state index contributed by atoms with van der Waals surface area (Å²) in [6, 6.07) is 10.7. The molecule has 0 bridgehead atoms. The van der Waals surface area contributed by atoms with E-state index < -0.39 is 8.56 Å². The maximum atomic E-state index is 5.38. The van der Waals surface area contributed by atoms with E-state index in [0.29, 0.717) is 0 Å². The van der Waals surface area contributed by atoms with Gasteiger partial charge in [-0.3, -0.25) is 0 Å². The zero-order valence-electron chi connectivity index (χ0n) is 7.63. The van der Waals surface area contributed by atoms with Crippen LogP contribution in [0.4, 0.5) is 0 Å². The van der Waals surface area contributed by atoms with Crippen LogP contribution in [0, 0.1) is 6.07 Å². The fraction of sp³-hybridized carbons (Fsp3) is 0.333. The van der Waals surface area contributed by atoms with Gasteiger partial charge in [-0.25, -0.2) is 0 Å². The van der Waals surface area contributed by atoms with Crippen LogP contribution in [0.25, 0.3) is 0 Å². The average molecular weight is 181 g/mol. The van der Waals surface area contributed by atoms with Crippen LogP contribution in [-0.4, -0.2) is 22.8 Å². The first kappa shape index (κ1) is 9.44. The van der Waals surface area contributed by atoms with Gasteiger partial charge in [-0.2, -0.15) is 0 Å². The van der Waals surface area contributed by atoms with Crippen LogP contribution >= 0.6 is 0 Å². The minimum absolute atomic E-state index is 1.13. The van der Waals surface area contributed by atoms with E-state index in [1.54, 1.807) is 14.2 Å². The first-order chi connectivity index (χ1) is 5.73. The molecular formula is C9H13O2Si. The Bertz CT molecular complexity index is 232. The Morgan fingerprint density at radius 1 is 1.17 bits per heavy atom. The number of hydrogen-bond acceptors (Lipinski definition) is 2. The molecule has 0 saturated heterocycles. The zero-order valence-corrected chi connectivity index (χ0v) is 8.63. The maximum Gasteiger partial charge on any atom is 0.368 e.